The van der Waals surface area contributed by atoms with Gasteiger partial charge in [-0.05, 0) is 59.2 Å². The van der Waals surface area contributed by atoms with Crippen molar-refractivity contribution < 1.29 is 13.2 Å². The molecule has 0 saturated heterocycles. The Morgan fingerprint density at radius 1 is 1.09 bits per heavy atom. The number of nitrogens with two attached hydrogens (primary N) is 1. The van der Waals surface area contributed by atoms with Crippen LogP contribution in [0.5, 0.6) is 0 Å². The van der Waals surface area contributed by atoms with Crippen molar-refractivity contribution in [1.82, 2.24) is 4.98 Å². The second kappa shape index (κ2) is 8.59. The molecular formula is C23H17BrN4O3S. The minimum atomic E-state index is -3.78. The van der Waals surface area contributed by atoms with Gasteiger partial charge in [0.1, 0.15) is 0 Å². The van der Waals surface area contributed by atoms with Gasteiger partial charge in [-0.15, -0.1) is 0 Å². The molecule has 0 bridgehead atoms. The summed E-state index contributed by atoms with van der Waals surface area (Å²) in [4.78, 5) is 15.7. The zero-order valence-corrected chi connectivity index (χ0v) is 19.0. The molecule has 4 N–H and O–H groups in total. The van der Waals surface area contributed by atoms with Crippen molar-refractivity contribution in [2.75, 3.05) is 5.32 Å². The number of sulfonamides is 1. The fourth-order valence-corrected chi connectivity index (χ4v) is 4.71. The third-order valence-electron chi connectivity index (χ3n) is 5.00. The quantitative estimate of drug-likeness (QED) is 0.371. The molecule has 0 spiro atoms. The monoisotopic (exact) mass is 508 g/mol. The highest BCUT2D eigenvalue weighted by molar-refractivity contribution is 9.10. The molecule has 0 aliphatic heterocycles. The molecule has 0 fully saturated rings. The highest BCUT2D eigenvalue weighted by atomic mass is 79.9. The van der Waals surface area contributed by atoms with E-state index in [1.807, 2.05) is 18.2 Å². The van der Waals surface area contributed by atoms with Crippen molar-refractivity contribution >= 4 is 48.5 Å². The fourth-order valence-electron chi connectivity index (χ4n) is 3.41. The van der Waals surface area contributed by atoms with Crippen LogP contribution in [0.4, 0.5) is 5.69 Å². The zero-order chi connectivity index (χ0) is 22.9. The Balaban J connectivity index is 1.49. The van der Waals surface area contributed by atoms with Gasteiger partial charge in [0.2, 0.25) is 15.9 Å². The number of primary sulfonamides is 1. The van der Waals surface area contributed by atoms with E-state index in [-0.39, 0.29) is 17.2 Å². The molecule has 3 aromatic carbocycles. The smallest absolute Gasteiger partial charge is 0.238 e. The summed E-state index contributed by atoms with van der Waals surface area (Å²) in [6, 6.07) is 19.2. The predicted molar refractivity (Wildman–Crippen MR) is 126 cm³/mol. The van der Waals surface area contributed by atoms with Crippen LogP contribution in [0, 0.1) is 11.3 Å². The van der Waals surface area contributed by atoms with Crippen LogP contribution in [0.25, 0.3) is 22.0 Å². The number of nitrogens with one attached hydrogen (secondary N) is 2. The maximum absolute atomic E-state index is 12.6. The average Bonchev–Trinajstić information content (AvgIpc) is 3.15. The Labute approximate surface area is 193 Å². The number of aromatic nitrogens is 1. The van der Waals surface area contributed by atoms with Gasteiger partial charge in [0.05, 0.1) is 22.9 Å². The summed E-state index contributed by atoms with van der Waals surface area (Å²) in [6.45, 7) is 0. The van der Waals surface area contributed by atoms with Gasteiger partial charge in [0.25, 0.3) is 0 Å². The number of H-pyrrole nitrogens is 1. The molecule has 0 radical (unpaired) electrons. The van der Waals surface area contributed by atoms with E-state index in [9.17, 15) is 13.2 Å². The predicted octanol–water partition coefficient (Wildman–Crippen LogP) is 4.30. The van der Waals surface area contributed by atoms with Crippen LogP contribution in [0.1, 0.15) is 11.1 Å². The topological polar surface area (TPSA) is 129 Å². The van der Waals surface area contributed by atoms with E-state index in [1.54, 1.807) is 36.5 Å². The first-order chi connectivity index (χ1) is 15.2. The third-order valence-corrected chi connectivity index (χ3v) is 6.56. The van der Waals surface area contributed by atoms with Crippen molar-refractivity contribution in [3.63, 3.8) is 0 Å². The normalized spacial score (nSPS) is 11.3. The van der Waals surface area contributed by atoms with Crippen LogP contribution in [0.2, 0.25) is 0 Å². The average molecular weight is 509 g/mol. The molecule has 1 heterocycles. The number of hydrogen-bond acceptors (Lipinski definition) is 4. The highest BCUT2D eigenvalue weighted by Crippen LogP contribution is 2.31. The van der Waals surface area contributed by atoms with E-state index in [0.717, 1.165) is 27.6 Å². The first kappa shape index (κ1) is 21.8. The SMILES string of the molecule is N#Cc1ccc2[nH]cc(CC(=O)Nc3ccc(-c4ccc(S(N)(=O)=O)cc4Br)cc3)c2c1. The number of amides is 1. The molecule has 1 aromatic heterocycles. The first-order valence-corrected chi connectivity index (χ1v) is 11.8. The fraction of sp³-hybridized carbons (Fsp3) is 0.0435. The van der Waals surface area contributed by atoms with Gasteiger partial charge in [-0.25, -0.2) is 13.6 Å². The molecule has 0 unspecified atom stereocenters. The molecule has 32 heavy (non-hydrogen) atoms. The Morgan fingerprint density at radius 2 is 1.84 bits per heavy atom. The lowest BCUT2D eigenvalue weighted by Gasteiger charge is -2.09. The first-order valence-electron chi connectivity index (χ1n) is 9.47. The molecule has 1 amide bonds. The molecule has 9 heteroatoms. The van der Waals surface area contributed by atoms with Crippen molar-refractivity contribution in [3.05, 3.63) is 82.5 Å². The minimum absolute atomic E-state index is 0.0242. The molecule has 4 aromatic rings. The summed E-state index contributed by atoms with van der Waals surface area (Å²) < 4.78 is 23.6. The molecular weight excluding hydrogens is 492 g/mol. The number of rotatable bonds is 5. The number of fused-ring (bicyclic) bond motifs is 1. The summed E-state index contributed by atoms with van der Waals surface area (Å²) in [7, 11) is -3.78. The molecule has 0 atom stereocenters. The van der Waals surface area contributed by atoms with E-state index in [0.29, 0.717) is 15.7 Å². The van der Waals surface area contributed by atoms with Crippen molar-refractivity contribution in [1.29, 1.82) is 5.26 Å². The second-order valence-electron chi connectivity index (χ2n) is 7.18. The van der Waals surface area contributed by atoms with Gasteiger partial charge in [0.15, 0.2) is 0 Å². The van der Waals surface area contributed by atoms with Crippen LogP contribution >= 0.6 is 15.9 Å². The number of carbonyl (C=O) groups is 1. The Bertz CT molecular complexity index is 1490. The van der Waals surface area contributed by atoms with Gasteiger partial charge in [0, 0.05) is 27.3 Å². The van der Waals surface area contributed by atoms with E-state index in [1.165, 1.54) is 12.1 Å². The molecule has 160 valence electrons. The molecule has 0 saturated carbocycles. The summed E-state index contributed by atoms with van der Waals surface area (Å²) >= 11 is 3.39. The van der Waals surface area contributed by atoms with Gasteiger partial charge in [-0.2, -0.15) is 5.26 Å². The highest BCUT2D eigenvalue weighted by Gasteiger charge is 2.13. The van der Waals surface area contributed by atoms with Crippen LogP contribution in [-0.4, -0.2) is 19.3 Å². The van der Waals surface area contributed by atoms with Crippen LogP contribution in [0.3, 0.4) is 0 Å². The Hall–Kier alpha value is -3.45. The maximum Gasteiger partial charge on any atom is 0.238 e. The number of carbonyl (C=O) groups excluding carboxylic acids is 1. The lowest BCUT2D eigenvalue weighted by molar-refractivity contribution is -0.115. The maximum atomic E-state index is 12.6. The molecule has 0 aliphatic carbocycles. The number of anilines is 1. The van der Waals surface area contributed by atoms with Crippen molar-refractivity contribution in [3.8, 4) is 17.2 Å². The van der Waals surface area contributed by atoms with E-state index in [2.05, 4.69) is 32.3 Å². The summed E-state index contributed by atoms with van der Waals surface area (Å²) in [6.07, 6.45) is 1.94. The Kier molecular flexibility index (Phi) is 5.84. The van der Waals surface area contributed by atoms with E-state index >= 15 is 0 Å². The Morgan fingerprint density at radius 3 is 2.50 bits per heavy atom. The van der Waals surface area contributed by atoms with Crippen molar-refractivity contribution in [2.24, 2.45) is 5.14 Å². The van der Waals surface area contributed by atoms with E-state index < -0.39 is 10.0 Å². The van der Waals surface area contributed by atoms with Gasteiger partial charge in [-0.1, -0.05) is 34.1 Å². The van der Waals surface area contributed by atoms with Crippen LogP contribution < -0.4 is 10.5 Å². The number of nitrogens with zero attached hydrogens (tertiary/aromatic N) is 1. The lowest BCUT2D eigenvalue weighted by atomic mass is 10.1. The van der Waals surface area contributed by atoms with Gasteiger partial charge < -0.3 is 10.3 Å². The second-order valence-corrected chi connectivity index (χ2v) is 9.59. The summed E-state index contributed by atoms with van der Waals surface area (Å²) in [5.74, 6) is -0.181. The molecule has 7 nitrogen and oxygen atoms in total. The van der Waals surface area contributed by atoms with Crippen LogP contribution in [0.15, 0.2) is 76.2 Å². The number of hydrogen-bond donors (Lipinski definition) is 3. The zero-order valence-electron chi connectivity index (χ0n) is 16.6. The minimum Gasteiger partial charge on any atom is -0.361 e. The number of nitriles is 1. The number of halogens is 1. The third kappa shape index (κ3) is 4.57. The molecule has 0 aliphatic rings. The number of aromatic amines is 1. The lowest BCUT2D eigenvalue weighted by Crippen LogP contribution is -2.14. The van der Waals surface area contributed by atoms with Crippen LogP contribution in [-0.2, 0) is 21.2 Å². The standard InChI is InChI=1S/C23H17BrN4O3S/c24-21-11-18(32(26,30)31)6-7-19(21)15-2-4-17(5-3-15)28-23(29)10-16-13-27-22-8-1-14(12-25)9-20(16)22/h1-9,11,13,27H,10H2,(H,28,29)(H2,26,30,31). The molecule has 4 rings (SSSR count). The van der Waals surface area contributed by atoms with Gasteiger partial charge in [-0.3, -0.25) is 4.79 Å². The number of benzene rings is 3. The largest absolute Gasteiger partial charge is 0.361 e. The van der Waals surface area contributed by atoms with E-state index in [4.69, 9.17) is 10.4 Å². The van der Waals surface area contributed by atoms with Crippen molar-refractivity contribution in [2.45, 2.75) is 11.3 Å². The van der Waals surface area contributed by atoms with Gasteiger partial charge >= 0.3 is 0 Å². The summed E-state index contributed by atoms with van der Waals surface area (Å²) in [5, 5.41) is 18.0. The summed E-state index contributed by atoms with van der Waals surface area (Å²) in [5.41, 5.74) is 4.49.